The van der Waals surface area contributed by atoms with Gasteiger partial charge < -0.3 is 14.5 Å². The lowest BCUT2D eigenvalue weighted by Crippen LogP contribution is -2.40. The molecule has 8 nitrogen and oxygen atoms in total. The van der Waals surface area contributed by atoms with Crippen molar-refractivity contribution in [2.24, 2.45) is 0 Å². The van der Waals surface area contributed by atoms with Crippen LogP contribution < -0.4 is 5.32 Å². The number of pyridine rings is 1. The Morgan fingerprint density at radius 2 is 1.90 bits per heavy atom. The van der Waals surface area contributed by atoms with E-state index in [2.05, 4.69) is 10.3 Å². The van der Waals surface area contributed by atoms with Gasteiger partial charge >= 0.3 is 0 Å². The molecule has 1 fully saturated rings. The molecule has 1 aromatic carbocycles. The van der Waals surface area contributed by atoms with Crippen molar-refractivity contribution in [1.82, 2.24) is 13.7 Å². The predicted octanol–water partition coefficient (Wildman–Crippen LogP) is 2.84. The second-order valence-electron chi connectivity index (χ2n) is 6.73. The minimum Gasteiger partial charge on any atom is -0.379 e. The molecule has 30 heavy (non-hydrogen) atoms. The molecule has 1 aliphatic rings. The normalized spacial score (nSPS) is 15.4. The van der Waals surface area contributed by atoms with Crippen molar-refractivity contribution in [1.29, 1.82) is 0 Å². The number of aromatic nitrogens is 2. The highest BCUT2D eigenvalue weighted by Crippen LogP contribution is 2.27. The summed E-state index contributed by atoms with van der Waals surface area (Å²) in [6.07, 6.45) is 3.40. The minimum atomic E-state index is -3.70. The molecule has 0 aliphatic carbocycles. The van der Waals surface area contributed by atoms with Crippen LogP contribution in [0.3, 0.4) is 0 Å². The third-order valence-electron chi connectivity index (χ3n) is 4.63. The molecule has 3 aromatic rings. The number of carbonyl (C=O) groups is 1. The van der Waals surface area contributed by atoms with Gasteiger partial charge in [-0.15, -0.1) is 0 Å². The number of rotatable bonds is 5. The number of hydrogen-bond acceptors (Lipinski definition) is 5. The van der Waals surface area contributed by atoms with E-state index in [1.807, 2.05) is 0 Å². The van der Waals surface area contributed by atoms with Crippen LogP contribution >= 0.6 is 23.2 Å². The molecule has 0 bridgehead atoms. The monoisotopic (exact) mass is 468 g/mol. The summed E-state index contributed by atoms with van der Waals surface area (Å²) < 4.78 is 34.0. The Kier molecular flexibility index (Phi) is 5.99. The molecule has 1 saturated heterocycles. The Bertz CT molecular complexity index is 1210. The SMILES string of the molecule is O=C(Cc1cn2cc(Cl)ccc2n1)Nc1cc(S(=O)(=O)N2CCOCC2)ccc1Cl. The zero-order chi connectivity index (χ0) is 21.3. The van der Waals surface area contributed by atoms with Gasteiger partial charge in [0.05, 0.1) is 46.0 Å². The lowest BCUT2D eigenvalue weighted by atomic mass is 10.2. The summed E-state index contributed by atoms with van der Waals surface area (Å²) in [5.41, 5.74) is 1.43. The van der Waals surface area contributed by atoms with Crippen molar-refractivity contribution in [3.63, 3.8) is 0 Å². The summed E-state index contributed by atoms with van der Waals surface area (Å²) in [5.74, 6) is -0.368. The maximum absolute atomic E-state index is 12.8. The van der Waals surface area contributed by atoms with Crippen LogP contribution in [0.5, 0.6) is 0 Å². The molecule has 0 unspecified atom stereocenters. The molecule has 0 radical (unpaired) electrons. The summed E-state index contributed by atoms with van der Waals surface area (Å²) in [7, 11) is -3.70. The number of ether oxygens (including phenoxy) is 1. The summed E-state index contributed by atoms with van der Waals surface area (Å²) in [5, 5.41) is 3.47. The Labute approximate surface area is 183 Å². The Morgan fingerprint density at radius 3 is 2.67 bits per heavy atom. The first-order chi connectivity index (χ1) is 14.3. The van der Waals surface area contributed by atoms with E-state index >= 15 is 0 Å². The summed E-state index contributed by atoms with van der Waals surface area (Å²) >= 11 is 12.1. The molecule has 11 heteroatoms. The number of carbonyl (C=O) groups excluding carboxylic acids is 1. The maximum Gasteiger partial charge on any atom is 0.243 e. The third kappa shape index (κ3) is 4.45. The van der Waals surface area contributed by atoms with Crippen LogP contribution in [0.15, 0.2) is 47.6 Å². The Morgan fingerprint density at radius 1 is 1.13 bits per heavy atom. The molecule has 1 amide bonds. The number of nitrogens with one attached hydrogen (secondary N) is 1. The summed E-state index contributed by atoms with van der Waals surface area (Å²) in [6, 6.07) is 7.72. The number of amides is 1. The van der Waals surface area contributed by atoms with Gasteiger partial charge in [-0.1, -0.05) is 23.2 Å². The highest BCUT2D eigenvalue weighted by Gasteiger charge is 2.27. The van der Waals surface area contributed by atoms with Crippen LogP contribution in [0, 0.1) is 0 Å². The van der Waals surface area contributed by atoms with Crippen molar-refractivity contribution in [3.05, 3.63) is 58.5 Å². The smallest absolute Gasteiger partial charge is 0.243 e. The molecule has 1 aliphatic heterocycles. The van der Waals surface area contributed by atoms with E-state index in [-0.39, 0.29) is 41.0 Å². The highest BCUT2D eigenvalue weighted by atomic mass is 35.5. The quantitative estimate of drug-likeness (QED) is 0.621. The van der Waals surface area contributed by atoms with Crippen LogP contribution in [-0.2, 0) is 26.0 Å². The average molecular weight is 469 g/mol. The Balaban J connectivity index is 1.52. The fourth-order valence-electron chi connectivity index (χ4n) is 3.16. The van der Waals surface area contributed by atoms with Crippen molar-refractivity contribution in [3.8, 4) is 0 Å². The Hall–Kier alpha value is -2.17. The van der Waals surface area contributed by atoms with Gasteiger partial charge in [-0.25, -0.2) is 13.4 Å². The van der Waals surface area contributed by atoms with Crippen LogP contribution in [0.4, 0.5) is 5.69 Å². The fraction of sp³-hybridized carbons (Fsp3) is 0.263. The highest BCUT2D eigenvalue weighted by molar-refractivity contribution is 7.89. The van der Waals surface area contributed by atoms with E-state index in [4.69, 9.17) is 27.9 Å². The average Bonchev–Trinajstić information content (AvgIpc) is 3.11. The molecule has 2 aromatic heterocycles. The summed E-state index contributed by atoms with van der Waals surface area (Å²) in [4.78, 5) is 17.0. The number of imidazole rings is 1. The van der Waals surface area contributed by atoms with E-state index in [9.17, 15) is 13.2 Å². The number of benzene rings is 1. The van der Waals surface area contributed by atoms with E-state index < -0.39 is 10.0 Å². The van der Waals surface area contributed by atoms with Gasteiger partial charge in [0, 0.05) is 25.5 Å². The van der Waals surface area contributed by atoms with E-state index in [0.29, 0.717) is 29.6 Å². The zero-order valence-corrected chi connectivity index (χ0v) is 18.0. The molecule has 0 atom stereocenters. The predicted molar refractivity (Wildman–Crippen MR) is 114 cm³/mol. The van der Waals surface area contributed by atoms with Gasteiger partial charge in [-0.05, 0) is 30.3 Å². The standard InChI is InChI=1S/C19H18Cl2N4O4S/c20-13-1-4-18-22-14(12-24(18)11-13)9-19(26)23-17-10-15(2-3-16(17)21)30(27,28)25-5-7-29-8-6-25/h1-4,10-12H,5-9H2,(H,23,26). The van der Waals surface area contributed by atoms with Gasteiger partial charge in [0.15, 0.2) is 0 Å². The van der Waals surface area contributed by atoms with Gasteiger partial charge in [0.25, 0.3) is 0 Å². The van der Waals surface area contributed by atoms with Crippen LogP contribution in [0.1, 0.15) is 5.69 Å². The fourth-order valence-corrected chi connectivity index (χ4v) is 4.93. The summed E-state index contributed by atoms with van der Waals surface area (Å²) in [6.45, 7) is 1.26. The lowest BCUT2D eigenvalue weighted by molar-refractivity contribution is -0.115. The number of nitrogens with zero attached hydrogens (tertiary/aromatic N) is 3. The first-order valence-corrected chi connectivity index (χ1v) is 11.3. The molecule has 3 heterocycles. The maximum atomic E-state index is 12.8. The number of fused-ring (bicyclic) bond motifs is 1. The number of sulfonamides is 1. The first kappa shape index (κ1) is 21.1. The van der Waals surface area contributed by atoms with Gasteiger partial charge in [-0.2, -0.15) is 4.31 Å². The topological polar surface area (TPSA) is 93.0 Å². The van der Waals surface area contributed by atoms with Gasteiger partial charge in [-0.3, -0.25) is 4.79 Å². The first-order valence-electron chi connectivity index (χ1n) is 9.13. The lowest BCUT2D eigenvalue weighted by Gasteiger charge is -2.26. The number of halogens is 2. The number of morpholine rings is 1. The number of anilines is 1. The molecule has 0 spiro atoms. The molecule has 0 saturated carbocycles. The zero-order valence-electron chi connectivity index (χ0n) is 15.7. The molecule has 158 valence electrons. The second kappa shape index (κ2) is 8.52. The third-order valence-corrected chi connectivity index (χ3v) is 7.07. The molecular weight excluding hydrogens is 451 g/mol. The van der Waals surface area contributed by atoms with E-state index in [1.54, 1.807) is 28.9 Å². The largest absolute Gasteiger partial charge is 0.379 e. The van der Waals surface area contributed by atoms with E-state index in [1.165, 1.54) is 22.5 Å². The van der Waals surface area contributed by atoms with E-state index in [0.717, 1.165) is 0 Å². The molecule has 1 N–H and O–H groups in total. The van der Waals surface area contributed by atoms with Crippen LogP contribution in [0.2, 0.25) is 10.0 Å². The van der Waals surface area contributed by atoms with Crippen molar-refractivity contribution < 1.29 is 17.9 Å². The van der Waals surface area contributed by atoms with Crippen LogP contribution in [-0.4, -0.2) is 54.3 Å². The van der Waals surface area contributed by atoms with Gasteiger partial charge in [0.1, 0.15) is 5.65 Å². The number of hydrogen-bond donors (Lipinski definition) is 1. The molecular formula is C19H18Cl2N4O4S. The second-order valence-corrected chi connectivity index (χ2v) is 9.51. The molecule has 4 rings (SSSR count). The van der Waals surface area contributed by atoms with Gasteiger partial charge in [0.2, 0.25) is 15.9 Å². The van der Waals surface area contributed by atoms with Crippen molar-refractivity contribution in [2.75, 3.05) is 31.6 Å². The van der Waals surface area contributed by atoms with Crippen LogP contribution in [0.25, 0.3) is 5.65 Å². The van der Waals surface area contributed by atoms with Crippen molar-refractivity contribution >= 4 is 50.5 Å². The van der Waals surface area contributed by atoms with Crippen molar-refractivity contribution in [2.45, 2.75) is 11.3 Å². The minimum absolute atomic E-state index is 0.00390.